The number of amides is 1. The van der Waals surface area contributed by atoms with Gasteiger partial charge in [-0.15, -0.1) is 0 Å². The molecule has 4 atom stereocenters. The zero-order valence-electron chi connectivity index (χ0n) is 25.1. The number of nitrogens with one attached hydrogen (secondary N) is 3. The number of halogens is 4. The molecule has 0 saturated carbocycles. The SMILES string of the molecule is CCOC(=O)c1cc2cc(NC(=O)[C@@H]3N[C@@H](CC(C)(C)C)[C@](C#N)(c4ccc(Cl)cc4F)[C@H]3c3cccc(Cl)c3F)ccc2[nH]1. The molecule has 1 aliphatic rings. The molecule has 0 radical (unpaired) electrons. The first-order chi connectivity index (χ1) is 21.3. The maximum Gasteiger partial charge on any atom is 0.354 e. The van der Waals surface area contributed by atoms with Crippen molar-refractivity contribution in [2.45, 2.75) is 57.5 Å². The third-order valence-electron chi connectivity index (χ3n) is 8.12. The molecule has 1 saturated heterocycles. The van der Waals surface area contributed by atoms with Gasteiger partial charge < -0.3 is 20.4 Å². The van der Waals surface area contributed by atoms with Gasteiger partial charge in [0.1, 0.15) is 22.7 Å². The summed E-state index contributed by atoms with van der Waals surface area (Å²) in [5.74, 6) is -3.81. The molecule has 0 bridgehead atoms. The van der Waals surface area contributed by atoms with Gasteiger partial charge in [-0.25, -0.2) is 13.6 Å². The van der Waals surface area contributed by atoms with Crippen molar-refractivity contribution in [3.8, 4) is 6.07 Å². The van der Waals surface area contributed by atoms with E-state index in [1.165, 1.54) is 30.3 Å². The van der Waals surface area contributed by atoms with Gasteiger partial charge in [0.15, 0.2) is 0 Å². The van der Waals surface area contributed by atoms with Crippen LogP contribution in [0.5, 0.6) is 0 Å². The molecule has 3 aromatic carbocycles. The number of nitrogens with zero attached hydrogens (tertiary/aromatic N) is 1. The van der Waals surface area contributed by atoms with E-state index in [1.54, 1.807) is 31.2 Å². The first-order valence-corrected chi connectivity index (χ1v) is 15.2. The number of carbonyl (C=O) groups is 2. The van der Waals surface area contributed by atoms with Crippen molar-refractivity contribution in [1.82, 2.24) is 10.3 Å². The first kappa shape index (κ1) is 32.4. The second-order valence-corrected chi connectivity index (χ2v) is 13.2. The lowest BCUT2D eigenvalue weighted by Crippen LogP contribution is -2.45. The molecule has 1 aromatic heterocycles. The first-order valence-electron chi connectivity index (χ1n) is 14.5. The third kappa shape index (κ3) is 6.15. The fourth-order valence-electron chi connectivity index (χ4n) is 6.31. The fraction of sp³-hybridized carbons (Fsp3) is 0.324. The zero-order chi connectivity index (χ0) is 32.7. The maximum absolute atomic E-state index is 15.9. The van der Waals surface area contributed by atoms with E-state index >= 15 is 8.78 Å². The zero-order valence-corrected chi connectivity index (χ0v) is 26.6. The van der Waals surface area contributed by atoms with Crippen molar-refractivity contribution in [2.75, 3.05) is 11.9 Å². The number of carbonyl (C=O) groups excluding carboxylic acids is 2. The number of aromatic amines is 1. The van der Waals surface area contributed by atoms with Crippen LogP contribution in [0.1, 0.15) is 61.6 Å². The molecule has 0 unspecified atom stereocenters. The van der Waals surface area contributed by atoms with E-state index in [4.69, 9.17) is 27.9 Å². The van der Waals surface area contributed by atoms with Crippen LogP contribution in [0.4, 0.5) is 14.5 Å². The summed E-state index contributed by atoms with van der Waals surface area (Å²) in [5, 5.41) is 17.8. The molecular weight excluding hydrogens is 621 g/mol. The number of rotatable bonds is 7. The van der Waals surface area contributed by atoms with Gasteiger partial charge >= 0.3 is 5.97 Å². The Kier molecular flexibility index (Phi) is 8.96. The predicted molar refractivity (Wildman–Crippen MR) is 171 cm³/mol. The molecule has 0 spiro atoms. The highest BCUT2D eigenvalue weighted by atomic mass is 35.5. The van der Waals surface area contributed by atoms with Gasteiger partial charge in [0.05, 0.1) is 23.7 Å². The number of aromatic nitrogens is 1. The van der Waals surface area contributed by atoms with Crippen LogP contribution in [0, 0.1) is 28.4 Å². The molecular formula is C34H32Cl2F2N4O3. The van der Waals surface area contributed by atoms with Crippen LogP contribution in [0.25, 0.3) is 10.9 Å². The van der Waals surface area contributed by atoms with Crippen LogP contribution in [-0.4, -0.2) is 35.6 Å². The molecule has 5 rings (SSSR count). The van der Waals surface area contributed by atoms with Crippen LogP contribution < -0.4 is 10.6 Å². The topological polar surface area (TPSA) is 107 Å². The Hall–Kier alpha value is -3.97. The highest BCUT2D eigenvalue weighted by Gasteiger charge is 2.61. The summed E-state index contributed by atoms with van der Waals surface area (Å²) in [4.78, 5) is 29.4. The number of nitriles is 1. The molecule has 3 N–H and O–H groups in total. The number of benzene rings is 3. The fourth-order valence-corrected chi connectivity index (χ4v) is 6.65. The normalized spacial score (nSPS) is 21.4. The molecule has 11 heteroatoms. The van der Waals surface area contributed by atoms with Gasteiger partial charge in [0, 0.05) is 39.1 Å². The van der Waals surface area contributed by atoms with Gasteiger partial charge in [0.25, 0.3) is 0 Å². The summed E-state index contributed by atoms with van der Waals surface area (Å²) in [6.07, 6.45) is 0.344. The van der Waals surface area contributed by atoms with Crippen LogP contribution in [0.3, 0.4) is 0 Å². The summed E-state index contributed by atoms with van der Waals surface area (Å²) < 4.78 is 36.8. The van der Waals surface area contributed by atoms with Crippen LogP contribution in [0.15, 0.2) is 60.7 Å². The number of hydrogen-bond donors (Lipinski definition) is 3. The van der Waals surface area contributed by atoms with Crippen molar-refractivity contribution in [3.63, 3.8) is 0 Å². The lowest BCUT2D eigenvalue weighted by molar-refractivity contribution is -0.118. The van der Waals surface area contributed by atoms with Crippen LogP contribution in [-0.2, 0) is 14.9 Å². The number of ether oxygens (including phenoxy) is 1. The largest absolute Gasteiger partial charge is 0.461 e. The Morgan fingerprint density at radius 3 is 2.51 bits per heavy atom. The summed E-state index contributed by atoms with van der Waals surface area (Å²) in [6.45, 7) is 7.83. The number of hydrogen-bond acceptors (Lipinski definition) is 5. The molecule has 234 valence electrons. The smallest absolute Gasteiger partial charge is 0.354 e. The Bertz CT molecular complexity index is 1830. The summed E-state index contributed by atoms with van der Waals surface area (Å²) in [7, 11) is 0. The Labute approximate surface area is 269 Å². The molecule has 45 heavy (non-hydrogen) atoms. The average Bonchev–Trinajstić information content (AvgIpc) is 3.53. The molecule has 0 aliphatic carbocycles. The van der Waals surface area contributed by atoms with Crippen LogP contribution >= 0.6 is 23.2 Å². The third-order valence-corrected chi connectivity index (χ3v) is 8.64. The minimum Gasteiger partial charge on any atom is -0.461 e. The molecule has 2 heterocycles. The van der Waals surface area contributed by atoms with Crippen LogP contribution in [0.2, 0.25) is 10.0 Å². The van der Waals surface area contributed by atoms with E-state index in [1.807, 2.05) is 20.8 Å². The second kappa shape index (κ2) is 12.4. The minimum absolute atomic E-state index is 0.00243. The van der Waals surface area contributed by atoms with Crippen molar-refractivity contribution in [3.05, 3.63) is 99.2 Å². The molecule has 1 fully saturated rings. The molecule has 1 amide bonds. The Morgan fingerprint density at radius 1 is 1.09 bits per heavy atom. The lowest BCUT2D eigenvalue weighted by atomic mass is 9.62. The average molecular weight is 654 g/mol. The predicted octanol–water partition coefficient (Wildman–Crippen LogP) is 7.89. The molecule has 4 aromatic rings. The number of esters is 1. The molecule has 7 nitrogen and oxygen atoms in total. The molecule has 1 aliphatic heterocycles. The number of anilines is 1. The Balaban J connectivity index is 1.63. The minimum atomic E-state index is -1.74. The van der Waals surface area contributed by atoms with E-state index < -0.39 is 46.9 Å². The maximum atomic E-state index is 15.9. The van der Waals surface area contributed by atoms with E-state index in [0.717, 1.165) is 6.07 Å². The van der Waals surface area contributed by atoms with Crippen molar-refractivity contribution >= 4 is 51.7 Å². The van der Waals surface area contributed by atoms with Gasteiger partial charge in [-0.1, -0.05) is 62.2 Å². The number of fused-ring (bicyclic) bond motifs is 1. The highest BCUT2D eigenvalue weighted by molar-refractivity contribution is 6.31. The number of H-pyrrole nitrogens is 1. The van der Waals surface area contributed by atoms with Crippen molar-refractivity contribution < 1.29 is 23.1 Å². The lowest BCUT2D eigenvalue weighted by Gasteiger charge is -2.37. The summed E-state index contributed by atoms with van der Waals surface area (Å²) >= 11 is 12.3. The van der Waals surface area contributed by atoms with Gasteiger partial charge in [-0.05, 0) is 66.8 Å². The van der Waals surface area contributed by atoms with Crippen molar-refractivity contribution in [1.29, 1.82) is 5.26 Å². The van der Waals surface area contributed by atoms with Gasteiger partial charge in [-0.3, -0.25) is 4.79 Å². The monoisotopic (exact) mass is 652 g/mol. The quantitative estimate of drug-likeness (QED) is 0.176. The Morgan fingerprint density at radius 2 is 1.84 bits per heavy atom. The van der Waals surface area contributed by atoms with E-state index in [2.05, 4.69) is 21.7 Å². The second-order valence-electron chi connectivity index (χ2n) is 12.4. The highest BCUT2D eigenvalue weighted by Crippen LogP contribution is 2.53. The summed E-state index contributed by atoms with van der Waals surface area (Å²) in [6, 6.07) is 15.4. The summed E-state index contributed by atoms with van der Waals surface area (Å²) in [5.41, 5.74) is -0.804. The van der Waals surface area contributed by atoms with Crippen molar-refractivity contribution in [2.24, 2.45) is 5.41 Å². The van der Waals surface area contributed by atoms with Gasteiger partial charge in [0.2, 0.25) is 5.91 Å². The van der Waals surface area contributed by atoms with Gasteiger partial charge in [-0.2, -0.15) is 5.26 Å². The van der Waals surface area contributed by atoms with E-state index in [-0.39, 0.29) is 38.9 Å². The van der Waals surface area contributed by atoms with E-state index in [9.17, 15) is 14.9 Å². The standard InChI is InChI=1S/C34H32Cl2F2N4O3/c1-5-45-32(44)26-14-18-13-20(10-12-25(18)41-26)40-31(43)30-28(21-7-6-8-23(36)29(21)38)34(17-39,27(42-30)16-33(2,3)4)22-11-9-19(35)15-24(22)37/h6-15,27-28,30,41-42H,5,16H2,1-4H3,(H,40,43)/t27-,28-,30+,34-/m0/s1. The van der Waals surface area contributed by atoms with E-state index in [0.29, 0.717) is 23.0 Å².